The van der Waals surface area contributed by atoms with Crippen molar-refractivity contribution in [3.05, 3.63) is 5.82 Å². The lowest BCUT2D eigenvalue weighted by atomic mass is 9.99. The van der Waals surface area contributed by atoms with E-state index in [2.05, 4.69) is 40.9 Å². The third-order valence-electron chi connectivity index (χ3n) is 4.17. The highest BCUT2D eigenvalue weighted by Crippen LogP contribution is 2.24. The first kappa shape index (κ1) is 13.3. The van der Waals surface area contributed by atoms with E-state index in [0.29, 0.717) is 12.0 Å². The third kappa shape index (κ3) is 2.51. The van der Waals surface area contributed by atoms with Crippen LogP contribution < -0.4 is 10.6 Å². The van der Waals surface area contributed by atoms with Crippen molar-refractivity contribution in [2.75, 3.05) is 11.4 Å². The molecule has 1 aliphatic rings. The minimum atomic E-state index is 0.230. The molecule has 5 heteroatoms. The molecule has 0 aromatic carbocycles. The van der Waals surface area contributed by atoms with E-state index in [0.717, 1.165) is 44.0 Å². The molecule has 2 rings (SSSR count). The first-order valence-corrected chi connectivity index (χ1v) is 7.11. The molecule has 2 heterocycles. The van der Waals surface area contributed by atoms with Gasteiger partial charge in [-0.05, 0) is 32.6 Å². The van der Waals surface area contributed by atoms with Crippen molar-refractivity contribution in [1.29, 1.82) is 0 Å². The Morgan fingerprint density at radius 2 is 2.17 bits per heavy atom. The van der Waals surface area contributed by atoms with Crippen LogP contribution in [0.4, 0.5) is 5.95 Å². The summed E-state index contributed by atoms with van der Waals surface area (Å²) in [4.78, 5) is 6.90. The maximum atomic E-state index is 6.12. The number of hydrogen-bond acceptors (Lipinski definition) is 4. The Hall–Kier alpha value is -1.10. The smallest absolute Gasteiger partial charge is 0.245 e. The second-order valence-electron chi connectivity index (χ2n) is 5.27. The maximum absolute atomic E-state index is 6.12. The normalized spacial score (nSPS) is 24.8. The number of nitrogens with one attached hydrogen (secondary N) is 1. The van der Waals surface area contributed by atoms with Gasteiger partial charge in [0.1, 0.15) is 5.82 Å². The van der Waals surface area contributed by atoms with E-state index in [-0.39, 0.29) is 6.04 Å². The third-order valence-corrected chi connectivity index (χ3v) is 4.17. The number of anilines is 1. The van der Waals surface area contributed by atoms with Crippen LogP contribution >= 0.6 is 0 Å². The fourth-order valence-corrected chi connectivity index (χ4v) is 2.71. The zero-order chi connectivity index (χ0) is 13.1. The monoisotopic (exact) mass is 251 g/mol. The Kier molecular flexibility index (Phi) is 4.22. The van der Waals surface area contributed by atoms with Gasteiger partial charge in [-0.3, -0.25) is 5.10 Å². The molecule has 0 saturated carbocycles. The molecule has 1 aliphatic heterocycles. The first-order chi connectivity index (χ1) is 8.67. The average molecular weight is 251 g/mol. The summed E-state index contributed by atoms with van der Waals surface area (Å²) < 4.78 is 0. The molecule has 1 saturated heterocycles. The summed E-state index contributed by atoms with van der Waals surface area (Å²) in [5.74, 6) is 2.32. The van der Waals surface area contributed by atoms with Gasteiger partial charge in [-0.15, -0.1) is 5.10 Å². The second kappa shape index (κ2) is 5.69. The molecule has 1 aromatic heterocycles. The van der Waals surface area contributed by atoms with Gasteiger partial charge in [0.15, 0.2) is 0 Å². The highest BCUT2D eigenvalue weighted by molar-refractivity contribution is 5.32. The Bertz CT molecular complexity index is 371. The van der Waals surface area contributed by atoms with Gasteiger partial charge in [0, 0.05) is 24.5 Å². The van der Waals surface area contributed by atoms with Gasteiger partial charge in [-0.2, -0.15) is 4.98 Å². The predicted molar refractivity (Wildman–Crippen MR) is 73.7 cm³/mol. The molecule has 0 radical (unpaired) electrons. The van der Waals surface area contributed by atoms with Crippen LogP contribution in [0.25, 0.3) is 0 Å². The number of aromatic amines is 1. The van der Waals surface area contributed by atoms with E-state index in [9.17, 15) is 0 Å². The van der Waals surface area contributed by atoms with Gasteiger partial charge in [0.05, 0.1) is 0 Å². The topological polar surface area (TPSA) is 70.8 Å². The summed E-state index contributed by atoms with van der Waals surface area (Å²) in [6, 6.07) is 0.554. The summed E-state index contributed by atoms with van der Waals surface area (Å²) in [6.07, 6.45) is 4.42. The molecule has 0 amide bonds. The minimum Gasteiger partial charge on any atom is -0.335 e. The van der Waals surface area contributed by atoms with Crippen LogP contribution in [0.15, 0.2) is 0 Å². The second-order valence-corrected chi connectivity index (χ2v) is 5.27. The number of piperidine rings is 1. The largest absolute Gasteiger partial charge is 0.335 e. The molecule has 3 N–H and O–H groups in total. The molecule has 18 heavy (non-hydrogen) atoms. The van der Waals surface area contributed by atoms with E-state index < -0.39 is 0 Å². The number of nitrogens with two attached hydrogens (primary N) is 1. The van der Waals surface area contributed by atoms with Crippen LogP contribution in [0.3, 0.4) is 0 Å². The number of nitrogens with zero attached hydrogens (tertiary/aromatic N) is 3. The highest BCUT2D eigenvalue weighted by Gasteiger charge is 2.28. The maximum Gasteiger partial charge on any atom is 0.245 e. The first-order valence-electron chi connectivity index (χ1n) is 7.11. The van der Waals surface area contributed by atoms with E-state index in [4.69, 9.17) is 5.73 Å². The van der Waals surface area contributed by atoms with E-state index in [1.54, 1.807) is 0 Å². The summed E-state index contributed by atoms with van der Waals surface area (Å²) >= 11 is 0. The number of aromatic nitrogens is 3. The lowest BCUT2D eigenvalue weighted by Gasteiger charge is -2.36. The molecule has 0 spiro atoms. The van der Waals surface area contributed by atoms with Crippen molar-refractivity contribution < 1.29 is 0 Å². The molecule has 1 aromatic rings. The zero-order valence-corrected chi connectivity index (χ0v) is 11.7. The Morgan fingerprint density at radius 1 is 1.44 bits per heavy atom. The van der Waals surface area contributed by atoms with Crippen molar-refractivity contribution in [2.45, 2.75) is 64.5 Å². The molecule has 102 valence electrons. The van der Waals surface area contributed by atoms with Crippen molar-refractivity contribution in [3.63, 3.8) is 0 Å². The number of hydrogen-bond donors (Lipinski definition) is 2. The molecule has 5 nitrogen and oxygen atoms in total. The van der Waals surface area contributed by atoms with Crippen molar-refractivity contribution in [1.82, 2.24) is 15.2 Å². The summed E-state index contributed by atoms with van der Waals surface area (Å²) in [5, 5.41) is 7.47. The molecule has 0 aliphatic carbocycles. The number of rotatable bonds is 4. The molecule has 2 unspecified atom stereocenters. The van der Waals surface area contributed by atoms with Gasteiger partial charge in [0.2, 0.25) is 5.95 Å². The van der Waals surface area contributed by atoms with E-state index in [1.807, 2.05) is 0 Å². The highest BCUT2D eigenvalue weighted by atomic mass is 15.4. The minimum absolute atomic E-state index is 0.230. The zero-order valence-electron chi connectivity index (χ0n) is 11.7. The van der Waals surface area contributed by atoms with Crippen LogP contribution in [-0.2, 0) is 0 Å². The van der Waals surface area contributed by atoms with Crippen LogP contribution in [0.2, 0.25) is 0 Å². The fraction of sp³-hybridized carbons (Fsp3) is 0.846. The molecule has 0 bridgehead atoms. The Balaban J connectivity index is 2.14. The van der Waals surface area contributed by atoms with E-state index in [1.165, 1.54) is 0 Å². The Morgan fingerprint density at radius 3 is 2.83 bits per heavy atom. The van der Waals surface area contributed by atoms with Gasteiger partial charge in [0.25, 0.3) is 0 Å². The van der Waals surface area contributed by atoms with E-state index >= 15 is 0 Å². The van der Waals surface area contributed by atoms with Crippen LogP contribution in [0.1, 0.15) is 58.2 Å². The molecule has 2 atom stereocenters. The van der Waals surface area contributed by atoms with Crippen molar-refractivity contribution in [3.8, 4) is 0 Å². The summed E-state index contributed by atoms with van der Waals surface area (Å²) in [7, 11) is 0. The average Bonchev–Trinajstić information content (AvgIpc) is 2.84. The fourth-order valence-electron chi connectivity index (χ4n) is 2.71. The van der Waals surface area contributed by atoms with Crippen molar-refractivity contribution in [2.24, 2.45) is 5.73 Å². The van der Waals surface area contributed by atoms with Gasteiger partial charge >= 0.3 is 0 Å². The number of H-pyrrole nitrogens is 1. The van der Waals surface area contributed by atoms with Crippen LogP contribution in [0.5, 0.6) is 0 Å². The summed E-state index contributed by atoms with van der Waals surface area (Å²) in [5.41, 5.74) is 6.12. The van der Waals surface area contributed by atoms with Gasteiger partial charge in [-0.1, -0.05) is 13.8 Å². The summed E-state index contributed by atoms with van der Waals surface area (Å²) in [6.45, 7) is 7.55. The quantitative estimate of drug-likeness (QED) is 0.859. The lowest BCUT2D eigenvalue weighted by Crippen LogP contribution is -2.51. The Labute approximate surface area is 109 Å². The lowest BCUT2D eigenvalue weighted by molar-refractivity contribution is 0.415. The molecular formula is C13H25N5. The standard InChI is InChI=1S/C13H25N5/c1-4-10(5-2)12-15-13(17-16-12)18-8-6-7-11(14)9(18)3/h9-11H,4-8,14H2,1-3H3,(H,15,16,17). The van der Waals surface area contributed by atoms with Gasteiger partial charge < -0.3 is 10.6 Å². The molecular weight excluding hydrogens is 226 g/mol. The SMILES string of the molecule is CCC(CC)c1nc(N2CCCC(N)C2C)n[nH]1. The van der Waals surface area contributed by atoms with Crippen LogP contribution in [0, 0.1) is 0 Å². The van der Waals surface area contributed by atoms with Crippen molar-refractivity contribution >= 4 is 5.95 Å². The van der Waals surface area contributed by atoms with Gasteiger partial charge in [-0.25, -0.2) is 0 Å². The molecule has 1 fully saturated rings. The predicted octanol–water partition coefficient (Wildman–Crippen LogP) is 2.02. The van der Waals surface area contributed by atoms with Crippen LogP contribution in [-0.4, -0.2) is 33.8 Å².